The molecule has 0 aliphatic carbocycles. The van der Waals surface area contributed by atoms with E-state index in [4.69, 9.17) is 4.74 Å². The van der Waals surface area contributed by atoms with Gasteiger partial charge < -0.3 is 8.92 Å². The summed E-state index contributed by atoms with van der Waals surface area (Å²) in [6.07, 6.45) is 2.91. The first-order valence-corrected chi connectivity index (χ1v) is 7.19. The third kappa shape index (κ3) is 3.85. The van der Waals surface area contributed by atoms with Crippen LogP contribution >= 0.6 is 0 Å². The summed E-state index contributed by atoms with van der Waals surface area (Å²) < 4.78 is 65.8. The minimum atomic E-state index is -5.64. The SMILES string of the molecule is O=S(=O)(OC=CCOc1ccc2cccnc2n1)C(F)(F)F. The van der Waals surface area contributed by atoms with Gasteiger partial charge in [-0.05, 0) is 24.3 Å². The fraction of sp³-hybridized carbons (Fsp3) is 0.167. The van der Waals surface area contributed by atoms with Gasteiger partial charge in [0.15, 0.2) is 5.65 Å². The first-order valence-electron chi connectivity index (χ1n) is 5.79. The van der Waals surface area contributed by atoms with Gasteiger partial charge in [-0.2, -0.15) is 26.6 Å². The molecule has 0 spiro atoms. The number of pyridine rings is 2. The molecule has 0 saturated carbocycles. The fourth-order valence-electron chi connectivity index (χ4n) is 1.36. The van der Waals surface area contributed by atoms with Crippen LogP contribution in [0.15, 0.2) is 42.8 Å². The van der Waals surface area contributed by atoms with E-state index in [1.807, 2.05) is 0 Å². The Morgan fingerprint density at radius 1 is 1.23 bits per heavy atom. The van der Waals surface area contributed by atoms with Crippen molar-refractivity contribution in [3.63, 3.8) is 0 Å². The third-order valence-electron chi connectivity index (χ3n) is 2.33. The summed E-state index contributed by atoms with van der Waals surface area (Å²) in [7, 11) is -5.64. The second-order valence-electron chi connectivity index (χ2n) is 3.88. The zero-order valence-electron chi connectivity index (χ0n) is 10.8. The molecular formula is C12H9F3N2O4S. The summed E-state index contributed by atoms with van der Waals surface area (Å²) >= 11 is 0. The van der Waals surface area contributed by atoms with Gasteiger partial charge in [0.2, 0.25) is 5.88 Å². The minimum absolute atomic E-state index is 0.189. The molecule has 0 aromatic carbocycles. The van der Waals surface area contributed by atoms with Gasteiger partial charge in [-0.3, -0.25) is 0 Å². The standard InChI is InChI=1S/C12H9F3N2O4S/c13-12(14,15)22(18,19)21-8-2-7-20-10-5-4-9-3-1-6-16-11(9)17-10/h1-6,8H,7H2. The van der Waals surface area contributed by atoms with Crippen LogP contribution in [0.25, 0.3) is 11.0 Å². The molecule has 0 fully saturated rings. The van der Waals surface area contributed by atoms with Crippen LogP contribution in [0.4, 0.5) is 13.2 Å². The van der Waals surface area contributed by atoms with Crippen molar-refractivity contribution in [3.8, 4) is 5.88 Å². The Balaban J connectivity index is 1.91. The number of nitrogens with zero attached hydrogens (tertiary/aromatic N) is 2. The number of hydrogen-bond acceptors (Lipinski definition) is 6. The lowest BCUT2D eigenvalue weighted by Gasteiger charge is -2.06. The van der Waals surface area contributed by atoms with E-state index in [-0.39, 0.29) is 12.5 Å². The largest absolute Gasteiger partial charge is 0.534 e. The predicted molar refractivity (Wildman–Crippen MR) is 70.2 cm³/mol. The van der Waals surface area contributed by atoms with E-state index >= 15 is 0 Å². The number of ether oxygens (including phenoxy) is 1. The lowest BCUT2D eigenvalue weighted by atomic mass is 10.3. The van der Waals surface area contributed by atoms with E-state index in [2.05, 4.69) is 14.2 Å². The molecule has 118 valence electrons. The fourth-order valence-corrected chi connectivity index (χ4v) is 1.69. The summed E-state index contributed by atoms with van der Waals surface area (Å²) in [6.45, 7) is -0.223. The Bertz CT molecular complexity index is 790. The maximum absolute atomic E-state index is 12.0. The second-order valence-corrected chi connectivity index (χ2v) is 5.44. The van der Waals surface area contributed by atoms with Crippen molar-refractivity contribution in [2.45, 2.75) is 5.51 Å². The first-order chi connectivity index (χ1) is 10.3. The van der Waals surface area contributed by atoms with Crippen LogP contribution in [-0.4, -0.2) is 30.5 Å². The van der Waals surface area contributed by atoms with Crippen LogP contribution in [0.3, 0.4) is 0 Å². The molecule has 22 heavy (non-hydrogen) atoms. The van der Waals surface area contributed by atoms with Gasteiger partial charge >= 0.3 is 15.6 Å². The van der Waals surface area contributed by atoms with Crippen molar-refractivity contribution < 1.29 is 30.5 Å². The minimum Gasteiger partial charge on any atom is -0.473 e. The van der Waals surface area contributed by atoms with Gasteiger partial charge in [0.05, 0.1) is 0 Å². The van der Waals surface area contributed by atoms with E-state index in [9.17, 15) is 21.6 Å². The highest BCUT2D eigenvalue weighted by Crippen LogP contribution is 2.24. The van der Waals surface area contributed by atoms with Crippen LogP contribution in [0.5, 0.6) is 5.88 Å². The van der Waals surface area contributed by atoms with Crippen LogP contribution in [0.2, 0.25) is 0 Å². The number of aromatic nitrogens is 2. The zero-order chi connectivity index (χ0) is 16.2. The molecule has 0 aliphatic heterocycles. The maximum atomic E-state index is 12.0. The molecule has 2 aromatic rings. The lowest BCUT2D eigenvalue weighted by Crippen LogP contribution is -2.23. The summed E-state index contributed by atoms with van der Waals surface area (Å²) in [4.78, 5) is 8.06. The molecule has 10 heteroatoms. The van der Waals surface area contributed by atoms with Crippen molar-refractivity contribution in [1.29, 1.82) is 0 Å². The monoisotopic (exact) mass is 334 g/mol. The van der Waals surface area contributed by atoms with Crippen LogP contribution in [-0.2, 0) is 14.3 Å². The Hall–Kier alpha value is -2.36. The molecule has 0 unspecified atom stereocenters. The molecular weight excluding hydrogens is 325 g/mol. The molecule has 0 N–H and O–H groups in total. The quantitative estimate of drug-likeness (QED) is 0.475. The van der Waals surface area contributed by atoms with Crippen molar-refractivity contribution in [3.05, 3.63) is 42.8 Å². The average Bonchev–Trinajstić information content (AvgIpc) is 2.45. The molecule has 6 nitrogen and oxygen atoms in total. The molecule has 0 aliphatic rings. The van der Waals surface area contributed by atoms with Gasteiger partial charge in [0.25, 0.3) is 0 Å². The second kappa shape index (κ2) is 6.18. The average molecular weight is 334 g/mol. The van der Waals surface area contributed by atoms with Crippen molar-refractivity contribution in [2.75, 3.05) is 6.61 Å². The normalized spacial score (nSPS) is 12.7. The molecule has 2 aromatic heterocycles. The third-order valence-corrected chi connectivity index (χ3v) is 3.26. The zero-order valence-corrected chi connectivity index (χ0v) is 11.6. The number of rotatable bonds is 5. The molecule has 2 rings (SSSR count). The van der Waals surface area contributed by atoms with E-state index in [1.165, 1.54) is 0 Å². The highest BCUT2D eigenvalue weighted by atomic mass is 32.2. The number of alkyl halides is 3. The summed E-state index contributed by atoms with van der Waals surface area (Å²) in [5, 5.41) is 0.796. The summed E-state index contributed by atoms with van der Waals surface area (Å²) in [5.74, 6) is 0.189. The topological polar surface area (TPSA) is 78.4 Å². The Labute approximate surface area is 123 Å². The van der Waals surface area contributed by atoms with Crippen molar-refractivity contribution in [1.82, 2.24) is 9.97 Å². The summed E-state index contributed by atoms with van der Waals surface area (Å²) in [5.41, 5.74) is -5.02. The van der Waals surface area contributed by atoms with Crippen LogP contribution < -0.4 is 4.74 Å². The maximum Gasteiger partial charge on any atom is 0.534 e. The van der Waals surface area contributed by atoms with E-state index in [0.717, 1.165) is 11.5 Å². The Kier molecular flexibility index (Phi) is 4.50. The Morgan fingerprint density at radius 2 is 2.00 bits per heavy atom. The highest BCUT2D eigenvalue weighted by molar-refractivity contribution is 7.87. The van der Waals surface area contributed by atoms with Crippen molar-refractivity contribution in [2.24, 2.45) is 0 Å². The molecule has 0 amide bonds. The molecule has 2 heterocycles. The molecule has 0 atom stereocenters. The highest BCUT2D eigenvalue weighted by Gasteiger charge is 2.47. The van der Waals surface area contributed by atoms with Crippen LogP contribution in [0.1, 0.15) is 0 Å². The van der Waals surface area contributed by atoms with Gasteiger partial charge in [-0.1, -0.05) is 0 Å². The van der Waals surface area contributed by atoms with E-state index in [1.54, 1.807) is 30.5 Å². The van der Waals surface area contributed by atoms with Gasteiger partial charge in [-0.15, -0.1) is 0 Å². The van der Waals surface area contributed by atoms with Gasteiger partial charge in [-0.25, -0.2) is 4.98 Å². The number of fused-ring (bicyclic) bond motifs is 1. The van der Waals surface area contributed by atoms with E-state index < -0.39 is 15.6 Å². The predicted octanol–water partition coefficient (Wildman–Crippen LogP) is 2.39. The molecule has 0 bridgehead atoms. The smallest absolute Gasteiger partial charge is 0.473 e. The number of hydrogen-bond donors (Lipinski definition) is 0. The Morgan fingerprint density at radius 3 is 2.73 bits per heavy atom. The van der Waals surface area contributed by atoms with Gasteiger partial charge in [0.1, 0.15) is 12.9 Å². The summed E-state index contributed by atoms with van der Waals surface area (Å²) in [6, 6.07) is 6.80. The van der Waals surface area contributed by atoms with E-state index in [0.29, 0.717) is 11.9 Å². The molecule has 0 radical (unpaired) electrons. The first kappa shape index (κ1) is 16.0. The van der Waals surface area contributed by atoms with Crippen LogP contribution in [0, 0.1) is 0 Å². The van der Waals surface area contributed by atoms with Crippen molar-refractivity contribution >= 4 is 21.2 Å². The lowest BCUT2D eigenvalue weighted by molar-refractivity contribution is -0.0515. The molecule has 0 saturated heterocycles. The van der Waals surface area contributed by atoms with Gasteiger partial charge in [0, 0.05) is 17.6 Å². The number of halogens is 3.